The number of benzene rings is 14. The average Bonchev–Trinajstić information content (AvgIpc) is 1.61. The van der Waals surface area contributed by atoms with Gasteiger partial charge in [0.05, 0.1) is 33.1 Å². The molecule has 101 heavy (non-hydrogen) atoms. The van der Waals surface area contributed by atoms with Gasteiger partial charge in [-0.1, -0.05) is 237 Å². The fourth-order valence-electron chi connectivity index (χ4n) is 14.2. The number of pyridine rings is 1. The van der Waals surface area contributed by atoms with Crippen molar-refractivity contribution in [2.45, 2.75) is 0 Å². The van der Waals surface area contributed by atoms with Crippen LogP contribution in [0.5, 0.6) is 0 Å². The summed E-state index contributed by atoms with van der Waals surface area (Å²) in [5, 5.41) is 9.77. The SMILES string of the molecule is [Ir].[c-]1ccccc1-c1ccccn1.c1ccc(-c2nc(-c3ccccc3)nc(-c3cccc(-n4c5ccccc5c5ccccc54)c3)n2)cc1.c1ccc(-n2c3ccccc3c3cc(-c4ccc5c(c4)c4ccccc4n5-c4ccc(-c5cccc6c5oc5ccccc56)cc4)ccc32)cc1. The zero-order chi connectivity index (χ0) is 66.3. The number of hydrogen-bond acceptors (Lipinski definition) is 5. The summed E-state index contributed by atoms with van der Waals surface area (Å²) in [5.74, 6) is 1.97. The maximum absolute atomic E-state index is 6.36. The van der Waals surface area contributed by atoms with Gasteiger partial charge in [0.2, 0.25) is 0 Å². The van der Waals surface area contributed by atoms with Crippen molar-refractivity contribution >= 4 is 87.4 Å². The van der Waals surface area contributed by atoms with Crippen LogP contribution in [0.1, 0.15) is 0 Å². The summed E-state index contributed by atoms with van der Waals surface area (Å²) in [5.41, 5.74) is 21.9. The molecule has 0 saturated heterocycles. The van der Waals surface area contributed by atoms with Gasteiger partial charge in [-0.2, -0.15) is 0 Å². The first-order chi connectivity index (χ1) is 49.6. The Kier molecular flexibility index (Phi) is 16.4. The number of nitrogens with zero attached hydrogens (tertiary/aromatic N) is 7. The molecule has 0 saturated carbocycles. The van der Waals surface area contributed by atoms with E-state index in [-0.39, 0.29) is 20.1 Å². The quantitative estimate of drug-likeness (QED) is 0.135. The molecule has 0 aliphatic rings. The zero-order valence-electron chi connectivity index (χ0n) is 54.5. The molecule has 0 N–H and O–H groups in total. The normalized spacial score (nSPS) is 11.3. The van der Waals surface area contributed by atoms with Gasteiger partial charge in [-0.3, -0.25) is 0 Å². The van der Waals surface area contributed by atoms with Crippen molar-refractivity contribution < 1.29 is 24.5 Å². The summed E-state index contributed by atoms with van der Waals surface area (Å²) in [6.45, 7) is 0. The molecule has 0 spiro atoms. The van der Waals surface area contributed by atoms with Crippen LogP contribution in [0.2, 0.25) is 0 Å². The Labute approximate surface area is 596 Å². The van der Waals surface area contributed by atoms with Crippen molar-refractivity contribution in [1.82, 2.24) is 33.6 Å². The van der Waals surface area contributed by atoms with Crippen LogP contribution in [-0.2, 0) is 20.1 Å². The van der Waals surface area contributed by atoms with E-state index in [0.29, 0.717) is 17.5 Å². The summed E-state index contributed by atoms with van der Waals surface area (Å²) in [6.07, 6.45) is 1.79. The summed E-state index contributed by atoms with van der Waals surface area (Å²) >= 11 is 0. The first-order valence-electron chi connectivity index (χ1n) is 33.6. The minimum Gasteiger partial charge on any atom is -0.455 e. The molecule has 0 fully saturated rings. The predicted molar refractivity (Wildman–Crippen MR) is 412 cm³/mol. The summed E-state index contributed by atoms with van der Waals surface area (Å²) in [4.78, 5) is 18.9. The van der Waals surface area contributed by atoms with E-state index in [1.807, 2.05) is 115 Å². The monoisotopic (exact) mass is 1470 g/mol. The van der Waals surface area contributed by atoms with Crippen molar-refractivity contribution in [2.24, 2.45) is 0 Å². The largest absolute Gasteiger partial charge is 0.455 e. The van der Waals surface area contributed by atoms with Crippen LogP contribution < -0.4 is 0 Å². The van der Waals surface area contributed by atoms with Crippen molar-refractivity contribution in [3.8, 4) is 84.7 Å². The van der Waals surface area contributed by atoms with E-state index < -0.39 is 0 Å². The van der Waals surface area contributed by atoms with Crippen LogP contribution in [0, 0.1) is 6.07 Å². The van der Waals surface area contributed by atoms with E-state index in [4.69, 9.17) is 19.4 Å². The number of rotatable bonds is 9. The van der Waals surface area contributed by atoms with Crippen molar-refractivity contribution in [2.75, 3.05) is 0 Å². The molecule has 1 radical (unpaired) electrons. The maximum atomic E-state index is 6.36. The van der Waals surface area contributed by atoms with Gasteiger partial charge in [0, 0.05) is 109 Å². The van der Waals surface area contributed by atoms with Crippen LogP contribution in [-0.4, -0.2) is 33.6 Å². The molecular formula is C92H60IrN7O-. The number of aromatic nitrogens is 7. The Balaban J connectivity index is 0.000000132. The Bertz CT molecular complexity index is 6240. The van der Waals surface area contributed by atoms with E-state index in [1.165, 1.54) is 82.2 Å². The van der Waals surface area contributed by atoms with E-state index in [0.717, 1.165) is 72.4 Å². The molecule has 20 rings (SSSR count). The average molecular weight is 1470 g/mol. The van der Waals surface area contributed by atoms with Gasteiger partial charge in [-0.15, -0.1) is 35.9 Å². The molecular weight excluding hydrogens is 1410 g/mol. The van der Waals surface area contributed by atoms with E-state index in [9.17, 15) is 0 Å². The fraction of sp³-hybridized carbons (Fsp3) is 0. The third kappa shape index (κ3) is 11.5. The molecule has 0 aliphatic heterocycles. The molecule has 8 nitrogen and oxygen atoms in total. The minimum atomic E-state index is 0. The standard InChI is InChI=1S/C48H30N2O.C33H22N4.C11H8N.Ir/c1-2-11-34(12-3-1)49-43-18-7-4-13-37(43)41-29-32(23-27-45(41)49)33-24-28-46-42(30-33)38-14-5-8-19-44(38)50(46)35-25-21-31(22-26-35)36-16-10-17-40-39-15-6-9-20-47(39)51-48(36)40;1-3-12-23(13-4-1)31-34-32(24-14-5-2-6-15-24)36-33(35-31)25-16-11-17-26(22-25)37-29-20-9-7-18-27(29)28-19-8-10-21-30(28)37;1-2-6-10(7-3-1)11-8-4-5-9-12-11;/h1-30H;1-22H;1-6,8-9H;/q;;-1;. The topological polar surface area (TPSA) is 79.5 Å². The second kappa shape index (κ2) is 26.8. The first-order valence-corrected chi connectivity index (χ1v) is 33.6. The molecule has 479 valence electrons. The van der Waals surface area contributed by atoms with Crippen LogP contribution in [0.15, 0.2) is 369 Å². The van der Waals surface area contributed by atoms with Crippen LogP contribution in [0.25, 0.3) is 172 Å². The third-order valence-corrected chi connectivity index (χ3v) is 18.8. The summed E-state index contributed by atoms with van der Waals surface area (Å²) in [6, 6.07) is 128. The number of para-hydroxylation sites is 7. The molecule has 14 aromatic carbocycles. The van der Waals surface area contributed by atoms with Crippen molar-refractivity contribution in [1.29, 1.82) is 0 Å². The molecule has 6 heterocycles. The van der Waals surface area contributed by atoms with Gasteiger partial charge < -0.3 is 23.1 Å². The summed E-state index contributed by atoms with van der Waals surface area (Å²) in [7, 11) is 0. The smallest absolute Gasteiger partial charge is 0.164 e. The van der Waals surface area contributed by atoms with Crippen LogP contribution in [0.4, 0.5) is 0 Å². The molecule has 0 atom stereocenters. The molecule has 0 amide bonds. The molecule has 0 unspecified atom stereocenters. The van der Waals surface area contributed by atoms with Crippen molar-refractivity contribution in [3.63, 3.8) is 0 Å². The fourth-order valence-corrected chi connectivity index (χ4v) is 14.2. The molecule has 6 aromatic heterocycles. The Morgan fingerprint density at radius 2 is 0.683 bits per heavy atom. The van der Waals surface area contributed by atoms with Gasteiger partial charge in [0.1, 0.15) is 11.2 Å². The number of hydrogen-bond donors (Lipinski definition) is 0. The van der Waals surface area contributed by atoms with E-state index >= 15 is 0 Å². The molecule has 20 aromatic rings. The zero-order valence-corrected chi connectivity index (χ0v) is 56.9. The minimum absolute atomic E-state index is 0. The third-order valence-electron chi connectivity index (χ3n) is 18.8. The molecule has 9 heteroatoms. The van der Waals surface area contributed by atoms with Gasteiger partial charge in [-0.05, 0) is 119 Å². The van der Waals surface area contributed by atoms with Gasteiger partial charge in [0.15, 0.2) is 17.5 Å². The molecule has 0 aliphatic carbocycles. The van der Waals surface area contributed by atoms with Crippen LogP contribution >= 0.6 is 0 Å². The Morgan fingerprint density at radius 3 is 1.23 bits per heavy atom. The Morgan fingerprint density at radius 1 is 0.267 bits per heavy atom. The number of furan rings is 1. The van der Waals surface area contributed by atoms with Crippen LogP contribution in [0.3, 0.4) is 0 Å². The molecule has 0 bridgehead atoms. The second-order valence-corrected chi connectivity index (χ2v) is 24.8. The first kappa shape index (κ1) is 61.7. The Hall–Kier alpha value is -12.9. The van der Waals surface area contributed by atoms with E-state index in [2.05, 4.69) is 267 Å². The van der Waals surface area contributed by atoms with Gasteiger partial charge in [-0.25, -0.2) is 15.0 Å². The maximum Gasteiger partial charge on any atom is 0.164 e. The predicted octanol–water partition coefficient (Wildman–Crippen LogP) is 23.6. The van der Waals surface area contributed by atoms with E-state index in [1.54, 1.807) is 6.20 Å². The van der Waals surface area contributed by atoms with Gasteiger partial charge >= 0.3 is 0 Å². The van der Waals surface area contributed by atoms with Crippen molar-refractivity contribution in [3.05, 3.63) is 370 Å². The second-order valence-electron chi connectivity index (χ2n) is 24.8. The summed E-state index contributed by atoms with van der Waals surface area (Å²) < 4.78 is 13.4. The number of fused-ring (bicyclic) bond motifs is 12. The van der Waals surface area contributed by atoms with Gasteiger partial charge in [0.25, 0.3) is 0 Å².